The lowest BCUT2D eigenvalue weighted by Crippen LogP contribution is -2.38. The van der Waals surface area contributed by atoms with Crippen LogP contribution in [0.25, 0.3) is 0 Å². The van der Waals surface area contributed by atoms with E-state index in [0.29, 0.717) is 28.1 Å². The Hall–Kier alpha value is -2.08. The maximum absolute atomic E-state index is 13.3. The van der Waals surface area contributed by atoms with E-state index in [-0.39, 0.29) is 18.3 Å². The molecule has 1 heterocycles. The molecule has 108 valence electrons. The van der Waals surface area contributed by atoms with Crippen molar-refractivity contribution in [2.75, 3.05) is 17.2 Å². The second kappa shape index (κ2) is 5.37. The molecule has 1 aliphatic heterocycles. The van der Waals surface area contributed by atoms with E-state index in [1.165, 1.54) is 6.07 Å². The van der Waals surface area contributed by atoms with Crippen molar-refractivity contribution in [3.05, 3.63) is 52.3 Å². The number of fused-ring (bicyclic) bond motifs is 1. The molecule has 2 aromatic carbocycles. The zero-order valence-electron chi connectivity index (χ0n) is 11.0. The molecule has 0 bridgehead atoms. The van der Waals surface area contributed by atoms with Crippen LogP contribution in [0.4, 0.5) is 15.8 Å². The van der Waals surface area contributed by atoms with Gasteiger partial charge >= 0.3 is 0 Å². The van der Waals surface area contributed by atoms with E-state index in [0.717, 1.165) is 5.56 Å². The third-order valence-electron chi connectivity index (χ3n) is 3.25. The number of benzene rings is 2. The average molecular weight is 351 g/mol. The minimum Gasteiger partial charge on any atom is -0.482 e. The second-order valence-corrected chi connectivity index (χ2v) is 5.60. The lowest BCUT2D eigenvalue weighted by Gasteiger charge is -2.29. The van der Waals surface area contributed by atoms with Crippen LogP contribution < -0.4 is 15.4 Å². The van der Waals surface area contributed by atoms with Gasteiger partial charge in [0, 0.05) is 5.69 Å². The van der Waals surface area contributed by atoms with Crippen LogP contribution in [0.3, 0.4) is 0 Å². The molecule has 3 rings (SSSR count). The van der Waals surface area contributed by atoms with Crippen LogP contribution in [0.15, 0.2) is 40.9 Å². The Kier molecular flexibility index (Phi) is 3.55. The van der Waals surface area contributed by atoms with Crippen LogP contribution in [0.2, 0.25) is 0 Å². The highest BCUT2D eigenvalue weighted by Gasteiger charge is 2.25. The van der Waals surface area contributed by atoms with E-state index in [1.807, 2.05) is 0 Å². The minimum atomic E-state index is -0.336. The summed E-state index contributed by atoms with van der Waals surface area (Å²) in [6, 6.07) is 9.83. The zero-order chi connectivity index (χ0) is 15.0. The summed E-state index contributed by atoms with van der Waals surface area (Å²) < 4.78 is 19.0. The predicted molar refractivity (Wildman–Crippen MR) is 81.6 cm³/mol. The van der Waals surface area contributed by atoms with Crippen LogP contribution in [0.1, 0.15) is 5.56 Å². The first-order chi connectivity index (χ1) is 10.0. The molecule has 0 aromatic heterocycles. The molecule has 0 aliphatic carbocycles. The number of rotatable bonds is 2. The van der Waals surface area contributed by atoms with E-state index in [2.05, 4.69) is 15.9 Å². The molecule has 0 fully saturated rings. The second-order valence-electron chi connectivity index (χ2n) is 4.74. The van der Waals surface area contributed by atoms with Crippen molar-refractivity contribution in [2.24, 2.45) is 0 Å². The molecule has 0 atom stereocenters. The number of hydrogen-bond acceptors (Lipinski definition) is 3. The first-order valence-corrected chi connectivity index (χ1v) is 7.10. The summed E-state index contributed by atoms with van der Waals surface area (Å²) in [4.78, 5) is 13.7. The summed E-state index contributed by atoms with van der Waals surface area (Å²) in [6.45, 7) is 0.316. The molecule has 21 heavy (non-hydrogen) atoms. The molecule has 4 nitrogen and oxygen atoms in total. The van der Waals surface area contributed by atoms with Gasteiger partial charge < -0.3 is 15.4 Å². The number of carbonyl (C=O) groups is 1. The standard InChI is InChI=1S/C15H12BrFN2O2/c16-11-5-9(1-3-12(11)17)7-19-13-6-10(18)2-4-14(13)21-8-15(19)20/h1-6H,7-8,18H2. The molecule has 2 aromatic rings. The maximum Gasteiger partial charge on any atom is 0.265 e. The molecule has 0 saturated heterocycles. The lowest BCUT2D eigenvalue weighted by atomic mass is 10.1. The van der Waals surface area contributed by atoms with Crippen molar-refractivity contribution in [2.45, 2.75) is 6.54 Å². The summed E-state index contributed by atoms with van der Waals surface area (Å²) >= 11 is 3.15. The van der Waals surface area contributed by atoms with Gasteiger partial charge in [0.1, 0.15) is 11.6 Å². The predicted octanol–water partition coefficient (Wildman–Crippen LogP) is 3.10. The summed E-state index contributed by atoms with van der Waals surface area (Å²) in [5.74, 6) is 0.121. The number of halogens is 2. The van der Waals surface area contributed by atoms with Gasteiger partial charge in [0.25, 0.3) is 5.91 Å². The Morgan fingerprint density at radius 3 is 2.86 bits per heavy atom. The smallest absolute Gasteiger partial charge is 0.265 e. The number of nitrogens with zero attached hydrogens (tertiary/aromatic N) is 1. The zero-order valence-corrected chi connectivity index (χ0v) is 12.6. The summed E-state index contributed by atoms with van der Waals surface area (Å²) in [5, 5.41) is 0. The van der Waals surface area contributed by atoms with Crippen LogP contribution in [0, 0.1) is 5.82 Å². The molecule has 1 aliphatic rings. The van der Waals surface area contributed by atoms with Gasteiger partial charge in [-0.25, -0.2) is 4.39 Å². The Morgan fingerprint density at radius 1 is 1.29 bits per heavy atom. The van der Waals surface area contributed by atoms with Crippen LogP contribution in [-0.2, 0) is 11.3 Å². The minimum absolute atomic E-state index is 0.0146. The largest absolute Gasteiger partial charge is 0.482 e. The highest BCUT2D eigenvalue weighted by molar-refractivity contribution is 9.10. The molecule has 0 radical (unpaired) electrons. The van der Waals surface area contributed by atoms with Crippen molar-refractivity contribution >= 4 is 33.2 Å². The van der Waals surface area contributed by atoms with Crippen molar-refractivity contribution in [1.29, 1.82) is 0 Å². The van der Waals surface area contributed by atoms with Gasteiger partial charge in [0.05, 0.1) is 16.7 Å². The first kappa shape index (κ1) is 13.9. The van der Waals surface area contributed by atoms with Gasteiger partial charge in [0.15, 0.2) is 6.61 Å². The SMILES string of the molecule is Nc1ccc2c(c1)N(Cc1ccc(F)c(Br)c1)C(=O)CO2. The third kappa shape index (κ3) is 2.71. The number of hydrogen-bond donors (Lipinski definition) is 1. The molecular weight excluding hydrogens is 339 g/mol. The van der Waals surface area contributed by atoms with Gasteiger partial charge in [-0.15, -0.1) is 0 Å². The van der Waals surface area contributed by atoms with E-state index in [1.54, 1.807) is 35.2 Å². The molecular formula is C15H12BrFN2O2. The molecule has 2 N–H and O–H groups in total. The highest BCUT2D eigenvalue weighted by Crippen LogP contribution is 2.35. The van der Waals surface area contributed by atoms with E-state index >= 15 is 0 Å². The Labute approximate surface area is 129 Å². The highest BCUT2D eigenvalue weighted by atomic mass is 79.9. The fourth-order valence-corrected chi connectivity index (χ4v) is 2.64. The number of anilines is 2. The van der Waals surface area contributed by atoms with E-state index in [4.69, 9.17) is 10.5 Å². The Morgan fingerprint density at radius 2 is 2.10 bits per heavy atom. The topological polar surface area (TPSA) is 55.6 Å². The van der Waals surface area contributed by atoms with Crippen LogP contribution in [-0.4, -0.2) is 12.5 Å². The number of nitrogens with two attached hydrogens (primary N) is 1. The van der Waals surface area contributed by atoms with Crippen molar-refractivity contribution in [1.82, 2.24) is 0 Å². The molecule has 0 unspecified atom stereocenters. The number of amides is 1. The number of ether oxygens (including phenoxy) is 1. The lowest BCUT2D eigenvalue weighted by molar-refractivity contribution is -0.121. The van der Waals surface area contributed by atoms with Crippen molar-refractivity contribution in [3.63, 3.8) is 0 Å². The fourth-order valence-electron chi connectivity index (χ4n) is 2.21. The molecule has 0 spiro atoms. The summed E-state index contributed by atoms with van der Waals surface area (Å²) in [7, 11) is 0. The summed E-state index contributed by atoms with van der Waals surface area (Å²) in [5.41, 5.74) is 7.77. The maximum atomic E-state index is 13.3. The number of carbonyl (C=O) groups excluding carboxylic acids is 1. The molecule has 0 saturated carbocycles. The van der Waals surface area contributed by atoms with Gasteiger partial charge in [-0.2, -0.15) is 0 Å². The average Bonchev–Trinajstić information content (AvgIpc) is 2.46. The van der Waals surface area contributed by atoms with Gasteiger partial charge in [0.2, 0.25) is 0 Å². The van der Waals surface area contributed by atoms with Crippen molar-refractivity contribution < 1.29 is 13.9 Å². The Bertz CT molecular complexity index is 721. The van der Waals surface area contributed by atoms with Gasteiger partial charge in [-0.1, -0.05) is 6.07 Å². The van der Waals surface area contributed by atoms with E-state index in [9.17, 15) is 9.18 Å². The van der Waals surface area contributed by atoms with E-state index < -0.39 is 0 Å². The van der Waals surface area contributed by atoms with Crippen molar-refractivity contribution in [3.8, 4) is 5.75 Å². The quantitative estimate of drug-likeness (QED) is 0.846. The number of nitrogen functional groups attached to an aromatic ring is 1. The van der Waals surface area contributed by atoms with Crippen LogP contribution >= 0.6 is 15.9 Å². The monoisotopic (exact) mass is 350 g/mol. The van der Waals surface area contributed by atoms with Gasteiger partial charge in [-0.3, -0.25) is 4.79 Å². The third-order valence-corrected chi connectivity index (χ3v) is 3.86. The van der Waals surface area contributed by atoms with Crippen LogP contribution in [0.5, 0.6) is 5.75 Å². The first-order valence-electron chi connectivity index (χ1n) is 6.31. The summed E-state index contributed by atoms with van der Waals surface area (Å²) in [6.07, 6.45) is 0. The normalized spacial score (nSPS) is 13.8. The molecule has 6 heteroatoms. The molecule has 1 amide bonds. The Balaban J connectivity index is 1.96. The van der Waals surface area contributed by atoms with Gasteiger partial charge in [-0.05, 0) is 51.8 Å². The fraction of sp³-hybridized carbons (Fsp3) is 0.133.